The Morgan fingerprint density at radius 2 is 1.70 bits per heavy atom. The Bertz CT molecular complexity index is 760. The molecule has 6 nitrogen and oxygen atoms in total. The van der Waals surface area contributed by atoms with Gasteiger partial charge < -0.3 is 5.21 Å². The van der Waals surface area contributed by atoms with Crippen LogP contribution in [0.25, 0.3) is 0 Å². The number of rotatable bonds is 4. The molecule has 0 saturated carbocycles. The lowest BCUT2D eigenvalue weighted by atomic mass is 10.1. The number of carbonyl (C=O) groups excluding carboxylic acids is 2. The summed E-state index contributed by atoms with van der Waals surface area (Å²) in [6.07, 6.45) is 0. The Morgan fingerprint density at radius 1 is 1.10 bits per heavy atom. The smallest absolute Gasteiger partial charge is 0.300 e. The maximum atomic E-state index is 12.2. The predicted molar refractivity (Wildman–Crippen MR) is 71.0 cm³/mol. The SMILES string of the molecule is O=C(c1ccsc1)c1no[n+]([O-])c1C(=O)c1ccsc1. The van der Waals surface area contributed by atoms with Crippen LogP contribution in [0.2, 0.25) is 0 Å². The van der Waals surface area contributed by atoms with Gasteiger partial charge in [0.2, 0.25) is 11.6 Å². The third-order valence-corrected chi connectivity index (χ3v) is 3.98. The van der Waals surface area contributed by atoms with Crippen molar-refractivity contribution in [3.8, 4) is 0 Å². The molecule has 0 radical (unpaired) electrons. The molecule has 100 valence electrons. The molecule has 3 rings (SSSR count). The second-order valence-electron chi connectivity index (χ2n) is 3.81. The monoisotopic (exact) mass is 306 g/mol. The molecule has 0 aliphatic carbocycles. The van der Waals surface area contributed by atoms with Crippen molar-refractivity contribution in [1.82, 2.24) is 5.16 Å². The Morgan fingerprint density at radius 3 is 2.25 bits per heavy atom. The van der Waals surface area contributed by atoms with Crippen LogP contribution in [0.5, 0.6) is 0 Å². The fourth-order valence-electron chi connectivity index (χ4n) is 1.65. The molecule has 3 heterocycles. The van der Waals surface area contributed by atoms with Gasteiger partial charge in [-0.3, -0.25) is 14.2 Å². The highest BCUT2D eigenvalue weighted by molar-refractivity contribution is 7.08. The first-order chi connectivity index (χ1) is 9.68. The number of aromatic nitrogens is 2. The summed E-state index contributed by atoms with van der Waals surface area (Å²) in [5.41, 5.74) is 0.0274. The molecule has 0 aliphatic heterocycles. The van der Waals surface area contributed by atoms with Crippen molar-refractivity contribution in [1.29, 1.82) is 0 Å². The Balaban J connectivity index is 2.06. The highest BCUT2D eigenvalue weighted by Crippen LogP contribution is 2.17. The van der Waals surface area contributed by atoms with Crippen LogP contribution in [-0.4, -0.2) is 16.7 Å². The summed E-state index contributed by atoms with van der Waals surface area (Å²) in [5, 5.41) is 21.6. The van der Waals surface area contributed by atoms with Crippen LogP contribution < -0.4 is 4.90 Å². The number of ketones is 2. The Kier molecular flexibility index (Phi) is 3.17. The molecule has 8 heteroatoms. The summed E-state index contributed by atoms with van der Waals surface area (Å²) in [4.78, 5) is 24.4. The minimum Gasteiger partial charge on any atom is -0.359 e. The molecule has 0 N–H and O–H groups in total. The first-order valence-corrected chi connectivity index (χ1v) is 7.30. The maximum Gasteiger partial charge on any atom is 0.300 e. The van der Waals surface area contributed by atoms with Crippen molar-refractivity contribution < 1.29 is 19.1 Å². The van der Waals surface area contributed by atoms with Crippen LogP contribution in [0.15, 0.2) is 38.3 Å². The highest BCUT2D eigenvalue weighted by Gasteiger charge is 2.33. The van der Waals surface area contributed by atoms with Crippen LogP contribution in [-0.2, 0) is 0 Å². The van der Waals surface area contributed by atoms with Gasteiger partial charge in [0, 0.05) is 21.9 Å². The molecule has 20 heavy (non-hydrogen) atoms. The molecule has 0 unspecified atom stereocenters. The number of nitrogens with zero attached hydrogens (tertiary/aromatic N) is 2. The normalized spacial score (nSPS) is 10.6. The first kappa shape index (κ1) is 12.7. The van der Waals surface area contributed by atoms with Gasteiger partial charge in [-0.25, -0.2) is 0 Å². The van der Waals surface area contributed by atoms with Gasteiger partial charge >= 0.3 is 0 Å². The topological polar surface area (TPSA) is 87.1 Å². The van der Waals surface area contributed by atoms with Crippen LogP contribution in [0.4, 0.5) is 0 Å². The van der Waals surface area contributed by atoms with E-state index in [0.29, 0.717) is 11.1 Å². The van der Waals surface area contributed by atoms with E-state index in [9.17, 15) is 14.8 Å². The summed E-state index contributed by atoms with van der Waals surface area (Å²) < 4.78 is 4.41. The number of carbonyl (C=O) groups is 2. The zero-order chi connectivity index (χ0) is 14.1. The lowest BCUT2D eigenvalue weighted by Gasteiger charge is -1.95. The van der Waals surface area contributed by atoms with E-state index in [0.717, 1.165) is 0 Å². The van der Waals surface area contributed by atoms with Gasteiger partial charge in [0.25, 0.3) is 11.4 Å². The quantitative estimate of drug-likeness (QED) is 0.542. The van der Waals surface area contributed by atoms with Crippen molar-refractivity contribution in [3.63, 3.8) is 0 Å². The second-order valence-corrected chi connectivity index (χ2v) is 5.37. The van der Waals surface area contributed by atoms with Crippen LogP contribution >= 0.6 is 22.7 Å². The van der Waals surface area contributed by atoms with Gasteiger partial charge in [0.1, 0.15) is 0 Å². The average Bonchev–Trinajstić information content (AvgIpc) is 3.19. The molecule has 0 spiro atoms. The van der Waals surface area contributed by atoms with Crippen molar-refractivity contribution in [2.75, 3.05) is 0 Å². The first-order valence-electron chi connectivity index (χ1n) is 5.42. The molecule has 0 aromatic carbocycles. The molecular formula is C12H6N2O4S2. The minimum atomic E-state index is -0.582. The van der Waals surface area contributed by atoms with Crippen molar-refractivity contribution in [3.05, 3.63) is 61.4 Å². The number of thiophene rings is 2. The van der Waals surface area contributed by atoms with E-state index in [1.807, 2.05) is 0 Å². The number of hydrogen-bond donors (Lipinski definition) is 0. The summed E-state index contributed by atoms with van der Waals surface area (Å²) in [7, 11) is 0. The zero-order valence-electron chi connectivity index (χ0n) is 9.81. The Hall–Kier alpha value is -2.32. The standard InChI is InChI=1S/C12H6N2O4S2/c15-11(7-1-3-19-5-7)9-10(14(17)18-13-9)12(16)8-2-4-20-6-8/h1-6H. The molecule has 0 amide bonds. The fourth-order valence-corrected chi connectivity index (χ4v) is 2.92. The van der Waals surface area contributed by atoms with Crippen molar-refractivity contribution >= 4 is 34.2 Å². The van der Waals surface area contributed by atoms with E-state index in [-0.39, 0.29) is 16.3 Å². The lowest BCUT2D eigenvalue weighted by molar-refractivity contribution is -0.803. The molecule has 0 aliphatic rings. The average molecular weight is 306 g/mol. The van der Waals surface area contributed by atoms with Crippen LogP contribution in [0.3, 0.4) is 0 Å². The van der Waals surface area contributed by atoms with Gasteiger partial charge in [-0.05, 0) is 27.8 Å². The maximum absolute atomic E-state index is 12.2. The van der Waals surface area contributed by atoms with E-state index < -0.39 is 11.6 Å². The van der Waals surface area contributed by atoms with Crippen LogP contribution in [0.1, 0.15) is 32.1 Å². The largest absolute Gasteiger partial charge is 0.359 e. The summed E-state index contributed by atoms with van der Waals surface area (Å²) in [6.45, 7) is 0. The Labute approximate surface area is 120 Å². The predicted octanol–water partition coefficient (Wildman–Crippen LogP) is 1.89. The van der Waals surface area contributed by atoms with Crippen LogP contribution in [0, 0.1) is 5.21 Å². The molecule has 3 aromatic heterocycles. The van der Waals surface area contributed by atoms with E-state index in [1.165, 1.54) is 22.7 Å². The van der Waals surface area contributed by atoms with Gasteiger partial charge in [0.15, 0.2) is 0 Å². The number of hydrogen-bond acceptors (Lipinski definition) is 7. The van der Waals surface area contributed by atoms with Crippen molar-refractivity contribution in [2.24, 2.45) is 0 Å². The third-order valence-electron chi connectivity index (χ3n) is 2.61. The van der Waals surface area contributed by atoms with E-state index in [1.54, 1.807) is 33.7 Å². The zero-order valence-corrected chi connectivity index (χ0v) is 11.4. The van der Waals surface area contributed by atoms with Gasteiger partial charge in [-0.15, -0.1) is 0 Å². The lowest BCUT2D eigenvalue weighted by Crippen LogP contribution is -2.32. The second kappa shape index (κ2) is 4.99. The van der Waals surface area contributed by atoms with E-state index in [4.69, 9.17) is 0 Å². The molecule has 0 bridgehead atoms. The molecule has 0 saturated heterocycles. The van der Waals surface area contributed by atoms with E-state index in [2.05, 4.69) is 9.79 Å². The molecule has 0 atom stereocenters. The van der Waals surface area contributed by atoms with Crippen molar-refractivity contribution in [2.45, 2.75) is 0 Å². The summed E-state index contributed by atoms with van der Waals surface area (Å²) in [6, 6.07) is 3.16. The third kappa shape index (κ3) is 2.04. The fraction of sp³-hybridized carbons (Fsp3) is 0. The van der Waals surface area contributed by atoms with Gasteiger partial charge in [0.05, 0.1) is 5.16 Å². The van der Waals surface area contributed by atoms with Gasteiger partial charge in [-0.1, -0.05) is 0 Å². The summed E-state index contributed by atoms with van der Waals surface area (Å²) in [5.74, 6) is -1.09. The molecule has 3 aromatic rings. The highest BCUT2D eigenvalue weighted by atomic mass is 32.1. The summed E-state index contributed by atoms with van der Waals surface area (Å²) >= 11 is 2.65. The van der Waals surface area contributed by atoms with E-state index >= 15 is 0 Å². The van der Waals surface area contributed by atoms with Gasteiger partial charge in [-0.2, -0.15) is 22.7 Å². The molecular weight excluding hydrogens is 300 g/mol. The minimum absolute atomic E-state index is 0.0282. The molecule has 0 fully saturated rings.